The highest BCUT2D eigenvalue weighted by Crippen LogP contribution is 2.34. The number of carbonyl (C=O) groups excluding carboxylic acids is 3. The lowest BCUT2D eigenvalue weighted by atomic mass is 10.3. The molecule has 9 nitrogen and oxygen atoms in total. The van der Waals surface area contributed by atoms with Crippen LogP contribution in [0.1, 0.15) is 6.92 Å². The molecule has 0 fully saturated rings. The van der Waals surface area contributed by atoms with E-state index < -0.39 is 35.2 Å². The lowest BCUT2D eigenvalue weighted by molar-refractivity contribution is -0.122. The van der Waals surface area contributed by atoms with Gasteiger partial charge in [0.1, 0.15) is 17.3 Å². The summed E-state index contributed by atoms with van der Waals surface area (Å²) in [6, 6.07) is 7.20. The Morgan fingerprint density at radius 2 is 1.65 bits per heavy atom. The van der Waals surface area contributed by atoms with Crippen molar-refractivity contribution in [1.29, 1.82) is 0 Å². The van der Waals surface area contributed by atoms with Gasteiger partial charge in [0, 0.05) is 11.8 Å². The summed E-state index contributed by atoms with van der Waals surface area (Å²) in [5, 5.41) is 6.79. The zero-order valence-corrected chi connectivity index (χ0v) is 16.5. The van der Waals surface area contributed by atoms with Gasteiger partial charge in [0.2, 0.25) is 18.6 Å². The lowest BCUT2D eigenvalue weighted by Gasteiger charge is -2.19. The summed E-state index contributed by atoms with van der Waals surface area (Å²) in [6.07, 6.45) is 0. The van der Waals surface area contributed by atoms with Crippen molar-refractivity contribution >= 4 is 29.2 Å². The molecular weight excluding hydrogens is 414 g/mol. The molecule has 1 heterocycles. The number of nitrogens with zero attached hydrogens (tertiary/aromatic N) is 1. The average molecular weight is 434 g/mol. The summed E-state index contributed by atoms with van der Waals surface area (Å²) in [7, 11) is 0. The van der Waals surface area contributed by atoms with E-state index >= 15 is 0 Å². The van der Waals surface area contributed by atoms with Crippen LogP contribution in [0.5, 0.6) is 11.5 Å². The van der Waals surface area contributed by atoms with Crippen molar-refractivity contribution in [2.75, 3.05) is 37.1 Å². The Morgan fingerprint density at radius 3 is 2.35 bits per heavy atom. The number of carbonyl (C=O) groups is 3. The summed E-state index contributed by atoms with van der Waals surface area (Å²) in [5.74, 6) is -2.16. The largest absolute Gasteiger partial charge is 0.454 e. The van der Waals surface area contributed by atoms with Gasteiger partial charge in [0.15, 0.2) is 11.5 Å². The fraction of sp³-hybridized carbons (Fsp3) is 0.250. The number of anilines is 2. The molecule has 0 unspecified atom stereocenters. The summed E-state index contributed by atoms with van der Waals surface area (Å²) >= 11 is 0. The monoisotopic (exact) mass is 434 g/mol. The average Bonchev–Trinajstić information content (AvgIpc) is 3.18. The van der Waals surface area contributed by atoms with Crippen molar-refractivity contribution in [3.05, 3.63) is 48.0 Å². The molecule has 0 saturated heterocycles. The Bertz CT molecular complexity index is 981. The van der Waals surface area contributed by atoms with Gasteiger partial charge < -0.3 is 20.1 Å². The molecule has 11 heteroatoms. The number of rotatable bonds is 7. The number of halogens is 2. The molecular formula is C20H20F2N4O5. The summed E-state index contributed by atoms with van der Waals surface area (Å²) < 4.78 is 37.7. The van der Waals surface area contributed by atoms with Crippen LogP contribution in [0.4, 0.5) is 25.0 Å². The number of likely N-dealkylation sites (N-methyl/N-ethyl adjacent to an activating group) is 1. The van der Waals surface area contributed by atoms with Crippen molar-refractivity contribution in [2.24, 2.45) is 0 Å². The third-order valence-corrected chi connectivity index (χ3v) is 4.29. The van der Waals surface area contributed by atoms with Crippen molar-refractivity contribution in [3.8, 4) is 11.5 Å². The van der Waals surface area contributed by atoms with Crippen molar-refractivity contribution in [2.45, 2.75) is 6.92 Å². The van der Waals surface area contributed by atoms with E-state index in [4.69, 9.17) is 9.47 Å². The molecule has 0 saturated carbocycles. The molecule has 31 heavy (non-hydrogen) atoms. The van der Waals surface area contributed by atoms with E-state index in [9.17, 15) is 23.2 Å². The smallest absolute Gasteiger partial charge is 0.325 e. The lowest BCUT2D eigenvalue weighted by Crippen LogP contribution is -2.44. The summed E-state index contributed by atoms with van der Waals surface area (Å²) in [5.41, 5.74) is -0.163. The van der Waals surface area contributed by atoms with Gasteiger partial charge in [-0.15, -0.1) is 0 Å². The maximum absolute atomic E-state index is 13.6. The second-order valence-corrected chi connectivity index (χ2v) is 6.52. The Morgan fingerprint density at radius 1 is 0.968 bits per heavy atom. The highest BCUT2D eigenvalue weighted by Gasteiger charge is 2.18. The first-order valence-corrected chi connectivity index (χ1v) is 9.32. The van der Waals surface area contributed by atoms with Crippen LogP contribution in [0.15, 0.2) is 36.4 Å². The zero-order chi connectivity index (χ0) is 22.4. The predicted octanol–water partition coefficient (Wildman–Crippen LogP) is 2.30. The first-order valence-electron chi connectivity index (χ1n) is 9.32. The number of benzene rings is 2. The number of urea groups is 1. The zero-order valence-electron chi connectivity index (χ0n) is 16.5. The molecule has 2 aromatic rings. The van der Waals surface area contributed by atoms with Gasteiger partial charge in [-0.2, -0.15) is 0 Å². The molecule has 4 amide bonds. The number of ether oxygens (including phenoxy) is 2. The van der Waals surface area contributed by atoms with E-state index in [2.05, 4.69) is 16.0 Å². The number of fused-ring (bicyclic) bond motifs is 1. The van der Waals surface area contributed by atoms with Crippen LogP contribution < -0.4 is 25.4 Å². The van der Waals surface area contributed by atoms with E-state index in [1.54, 1.807) is 25.1 Å². The molecule has 0 aliphatic carbocycles. The topological polar surface area (TPSA) is 109 Å². The van der Waals surface area contributed by atoms with Crippen LogP contribution in [0.25, 0.3) is 0 Å². The van der Waals surface area contributed by atoms with Crippen LogP contribution in [0, 0.1) is 11.6 Å². The van der Waals surface area contributed by atoms with Crippen LogP contribution >= 0.6 is 0 Å². The molecule has 3 N–H and O–H groups in total. The molecule has 0 bridgehead atoms. The maximum Gasteiger partial charge on any atom is 0.325 e. The highest BCUT2D eigenvalue weighted by atomic mass is 19.1. The molecule has 1 aliphatic rings. The third-order valence-electron chi connectivity index (χ3n) is 4.29. The molecule has 164 valence electrons. The van der Waals surface area contributed by atoms with Gasteiger partial charge in [0.25, 0.3) is 0 Å². The Hall–Kier alpha value is -3.73. The van der Waals surface area contributed by atoms with Gasteiger partial charge in [0.05, 0.1) is 13.1 Å². The van der Waals surface area contributed by atoms with Crippen LogP contribution in [-0.4, -0.2) is 49.2 Å². The molecule has 0 atom stereocenters. The van der Waals surface area contributed by atoms with Gasteiger partial charge in [-0.1, -0.05) is 13.0 Å². The van der Waals surface area contributed by atoms with E-state index in [1.807, 2.05) is 0 Å². The minimum Gasteiger partial charge on any atom is -0.454 e. The number of amides is 4. The Labute approximate surface area is 176 Å². The minimum absolute atomic E-state index is 0.0907. The third kappa shape index (κ3) is 5.89. The summed E-state index contributed by atoms with van der Waals surface area (Å²) in [6.45, 7) is 1.48. The van der Waals surface area contributed by atoms with Crippen LogP contribution in [0.3, 0.4) is 0 Å². The van der Waals surface area contributed by atoms with Gasteiger partial charge in [-0.25, -0.2) is 13.6 Å². The van der Waals surface area contributed by atoms with Gasteiger partial charge >= 0.3 is 6.03 Å². The molecule has 0 aromatic heterocycles. The van der Waals surface area contributed by atoms with Crippen LogP contribution in [-0.2, 0) is 9.59 Å². The molecule has 3 rings (SSSR count). The SMILES string of the molecule is CCN(CC(=O)NC(=O)Nc1ccc2c(c1)OCO2)CC(=O)Nc1c(F)cccc1F. The second-order valence-electron chi connectivity index (χ2n) is 6.52. The minimum atomic E-state index is -0.908. The normalized spacial score (nSPS) is 11.9. The van der Waals surface area contributed by atoms with E-state index in [0.717, 1.165) is 12.1 Å². The van der Waals surface area contributed by atoms with Gasteiger partial charge in [-0.3, -0.25) is 19.8 Å². The quantitative estimate of drug-likeness (QED) is 0.617. The van der Waals surface area contributed by atoms with Crippen molar-refractivity contribution in [1.82, 2.24) is 10.2 Å². The first kappa shape index (κ1) is 22.0. The molecule has 0 radical (unpaired) electrons. The second kappa shape index (κ2) is 9.85. The van der Waals surface area contributed by atoms with Crippen LogP contribution in [0.2, 0.25) is 0 Å². The molecule has 0 spiro atoms. The summed E-state index contributed by atoms with van der Waals surface area (Å²) in [4.78, 5) is 37.7. The predicted molar refractivity (Wildman–Crippen MR) is 107 cm³/mol. The number of nitrogens with one attached hydrogen (secondary N) is 3. The van der Waals surface area contributed by atoms with E-state index in [1.165, 1.54) is 11.0 Å². The highest BCUT2D eigenvalue weighted by molar-refractivity contribution is 6.02. The maximum atomic E-state index is 13.6. The van der Waals surface area contributed by atoms with E-state index in [-0.39, 0.29) is 26.4 Å². The van der Waals surface area contributed by atoms with E-state index in [0.29, 0.717) is 17.2 Å². The Balaban J connectivity index is 1.48. The fourth-order valence-electron chi connectivity index (χ4n) is 2.78. The van der Waals surface area contributed by atoms with Crippen molar-refractivity contribution < 1.29 is 32.6 Å². The number of para-hydroxylation sites is 1. The fourth-order valence-corrected chi connectivity index (χ4v) is 2.78. The molecule has 2 aromatic carbocycles. The number of imide groups is 1. The Kier molecular flexibility index (Phi) is 6.98. The number of hydrogen-bond donors (Lipinski definition) is 3. The number of hydrogen-bond acceptors (Lipinski definition) is 6. The standard InChI is InChI=1S/C20H20F2N4O5/c1-2-26(9-17(27)24-19-13(21)4-3-5-14(19)22)10-18(28)25-20(29)23-12-6-7-15-16(8-12)31-11-30-15/h3-8H,2,9-11H2,1H3,(H,24,27)(H2,23,25,28,29). The van der Waals surface area contributed by atoms with Crippen molar-refractivity contribution in [3.63, 3.8) is 0 Å². The first-order chi connectivity index (χ1) is 14.9. The molecule has 1 aliphatic heterocycles. The van der Waals surface area contributed by atoms with Gasteiger partial charge in [-0.05, 0) is 30.8 Å².